The summed E-state index contributed by atoms with van der Waals surface area (Å²) in [5.74, 6) is 0.833. The molecule has 4 heteroatoms. The third-order valence-corrected chi connectivity index (χ3v) is 3.14. The summed E-state index contributed by atoms with van der Waals surface area (Å²) in [6.45, 7) is 1.10. The molecule has 4 nitrogen and oxygen atoms in total. The van der Waals surface area contributed by atoms with E-state index >= 15 is 0 Å². The summed E-state index contributed by atoms with van der Waals surface area (Å²) in [4.78, 5) is 4.22. The van der Waals surface area contributed by atoms with Crippen molar-refractivity contribution >= 4 is 0 Å². The van der Waals surface area contributed by atoms with Crippen LogP contribution in [0.15, 0.2) is 18.5 Å². The van der Waals surface area contributed by atoms with Crippen molar-refractivity contribution in [3.63, 3.8) is 0 Å². The number of hydrogen-bond acceptors (Lipinski definition) is 4. The van der Waals surface area contributed by atoms with E-state index in [4.69, 9.17) is 4.74 Å². The molecule has 0 saturated carbocycles. The number of nitrogens with one attached hydrogen (secondary N) is 1. The van der Waals surface area contributed by atoms with Crippen LogP contribution in [0.1, 0.15) is 30.9 Å². The van der Waals surface area contributed by atoms with Gasteiger partial charge >= 0.3 is 0 Å². The standard InChI is InChI=1S/C12H19N3O/c1-13-15-6-4-3-5-12(15)10-7-11(16-2)9-14-8-10/h7-9,12-13H,3-6H2,1-2H3/t12-/m1/s1. The van der Waals surface area contributed by atoms with Crippen LogP contribution in [0.2, 0.25) is 0 Å². The molecule has 0 spiro atoms. The predicted octanol–water partition coefficient (Wildman–Crippen LogP) is 1.75. The normalized spacial score (nSPS) is 22.0. The number of nitrogens with zero attached hydrogens (tertiary/aromatic N) is 2. The van der Waals surface area contributed by atoms with Gasteiger partial charge in [0.25, 0.3) is 0 Å². The van der Waals surface area contributed by atoms with Crippen molar-refractivity contribution in [2.75, 3.05) is 20.7 Å². The summed E-state index contributed by atoms with van der Waals surface area (Å²) in [5, 5.41) is 2.28. The Kier molecular flexibility index (Phi) is 3.74. The summed E-state index contributed by atoms with van der Waals surface area (Å²) in [6, 6.07) is 2.49. The van der Waals surface area contributed by atoms with Gasteiger partial charge in [0.1, 0.15) is 5.75 Å². The van der Waals surface area contributed by atoms with E-state index in [-0.39, 0.29) is 0 Å². The molecule has 1 aliphatic rings. The van der Waals surface area contributed by atoms with Gasteiger partial charge in [0.05, 0.1) is 19.3 Å². The molecule has 1 atom stereocenters. The van der Waals surface area contributed by atoms with Gasteiger partial charge in [-0.1, -0.05) is 6.42 Å². The van der Waals surface area contributed by atoms with Gasteiger partial charge in [-0.25, -0.2) is 5.01 Å². The molecule has 16 heavy (non-hydrogen) atoms. The van der Waals surface area contributed by atoms with Crippen LogP contribution in [-0.4, -0.2) is 30.7 Å². The molecule has 0 amide bonds. The number of piperidine rings is 1. The van der Waals surface area contributed by atoms with Gasteiger partial charge in [0.15, 0.2) is 0 Å². The third kappa shape index (κ3) is 2.33. The lowest BCUT2D eigenvalue weighted by atomic mass is 9.98. The first kappa shape index (κ1) is 11.4. The molecule has 1 aromatic heterocycles. The van der Waals surface area contributed by atoms with Gasteiger partial charge in [-0.3, -0.25) is 10.4 Å². The molecule has 1 aromatic rings. The van der Waals surface area contributed by atoms with Crippen LogP contribution < -0.4 is 10.2 Å². The molecule has 1 N–H and O–H groups in total. The monoisotopic (exact) mass is 221 g/mol. The maximum absolute atomic E-state index is 5.21. The molecule has 88 valence electrons. The summed E-state index contributed by atoms with van der Waals surface area (Å²) >= 11 is 0. The molecule has 2 heterocycles. The van der Waals surface area contributed by atoms with E-state index in [1.807, 2.05) is 13.2 Å². The number of aromatic nitrogens is 1. The minimum Gasteiger partial charge on any atom is -0.495 e. The third-order valence-electron chi connectivity index (χ3n) is 3.14. The Hall–Kier alpha value is -1.13. The lowest BCUT2D eigenvalue weighted by molar-refractivity contribution is 0.0980. The summed E-state index contributed by atoms with van der Waals surface area (Å²) in [6.07, 6.45) is 7.39. The highest BCUT2D eigenvalue weighted by Gasteiger charge is 2.23. The molecule has 1 aliphatic heterocycles. The molecule has 2 rings (SSSR count). The second kappa shape index (κ2) is 5.27. The number of rotatable bonds is 3. The minimum absolute atomic E-state index is 0.418. The Balaban J connectivity index is 2.20. The summed E-state index contributed by atoms with van der Waals surface area (Å²) in [7, 11) is 3.66. The second-order valence-electron chi connectivity index (χ2n) is 4.09. The van der Waals surface area contributed by atoms with Crippen molar-refractivity contribution in [1.29, 1.82) is 0 Å². The van der Waals surface area contributed by atoms with Crippen molar-refractivity contribution in [1.82, 2.24) is 15.4 Å². The second-order valence-corrected chi connectivity index (χ2v) is 4.09. The first-order valence-electron chi connectivity index (χ1n) is 5.78. The lowest BCUT2D eigenvalue weighted by Crippen LogP contribution is -2.41. The maximum Gasteiger partial charge on any atom is 0.137 e. The van der Waals surface area contributed by atoms with Crippen molar-refractivity contribution in [2.45, 2.75) is 25.3 Å². The van der Waals surface area contributed by atoms with E-state index in [1.165, 1.54) is 24.8 Å². The minimum atomic E-state index is 0.418. The van der Waals surface area contributed by atoms with Crippen molar-refractivity contribution in [3.05, 3.63) is 24.0 Å². The van der Waals surface area contributed by atoms with Crippen molar-refractivity contribution < 1.29 is 4.74 Å². The number of methoxy groups -OCH3 is 1. The lowest BCUT2D eigenvalue weighted by Gasteiger charge is -2.35. The SMILES string of the molecule is CNN1CCCC[C@@H]1c1cncc(OC)c1. The maximum atomic E-state index is 5.21. The number of hydrogen-bond donors (Lipinski definition) is 1. The fourth-order valence-corrected chi connectivity index (χ4v) is 2.28. The number of pyridine rings is 1. The van der Waals surface area contributed by atoms with Crippen LogP contribution in [0.3, 0.4) is 0 Å². The predicted molar refractivity (Wildman–Crippen MR) is 63.1 cm³/mol. The Bertz CT molecular complexity index is 343. The quantitative estimate of drug-likeness (QED) is 0.844. The van der Waals surface area contributed by atoms with Gasteiger partial charge < -0.3 is 4.74 Å². The number of ether oxygens (including phenoxy) is 1. The van der Waals surface area contributed by atoms with E-state index in [0.717, 1.165) is 12.3 Å². The smallest absolute Gasteiger partial charge is 0.137 e. The van der Waals surface area contributed by atoms with Gasteiger partial charge in [-0.05, 0) is 31.5 Å². The highest BCUT2D eigenvalue weighted by atomic mass is 16.5. The molecule has 1 saturated heterocycles. The average Bonchev–Trinajstić information content (AvgIpc) is 2.38. The van der Waals surface area contributed by atoms with Crippen molar-refractivity contribution in [3.8, 4) is 5.75 Å². The van der Waals surface area contributed by atoms with Gasteiger partial charge in [-0.2, -0.15) is 0 Å². The van der Waals surface area contributed by atoms with Crippen molar-refractivity contribution in [2.24, 2.45) is 0 Å². The van der Waals surface area contributed by atoms with Gasteiger partial charge in [0.2, 0.25) is 0 Å². The topological polar surface area (TPSA) is 37.4 Å². The molecule has 0 radical (unpaired) electrons. The Labute approximate surface area is 96.6 Å². The molecule has 0 unspecified atom stereocenters. The average molecular weight is 221 g/mol. The van der Waals surface area contributed by atoms with E-state index in [1.54, 1.807) is 13.3 Å². The van der Waals surface area contributed by atoms with Gasteiger partial charge in [0, 0.05) is 12.7 Å². The molecule has 0 aromatic carbocycles. The first-order chi connectivity index (χ1) is 7.85. The van der Waals surface area contributed by atoms with E-state index in [9.17, 15) is 0 Å². The van der Waals surface area contributed by atoms with Crippen LogP contribution in [-0.2, 0) is 0 Å². The Morgan fingerprint density at radius 1 is 1.44 bits per heavy atom. The highest BCUT2D eigenvalue weighted by Crippen LogP contribution is 2.30. The highest BCUT2D eigenvalue weighted by molar-refractivity contribution is 5.26. The molecule has 0 aliphatic carbocycles. The first-order valence-corrected chi connectivity index (χ1v) is 5.78. The van der Waals surface area contributed by atoms with Crippen LogP contribution in [0, 0.1) is 0 Å². The zero-order valence-electron chi connectivity index (χ0n) is 9.94. The number of hydrazine groups is 1. The Morgan fingerprint density at radius 2 is 2.31 bits per heavy atom. The van der Waals surface area contributed by atoms with Crippen LogP contribution in [0.4, 0.5) is 0 Å². The Morgan fingerprint density at radius 3 is 3.06 bits per heavy atom. The largest absolute Gasteiger partial charge is 0.495 e. The molecular weight excluding hydrogens is 202 g/mol. The molecule has 0 bridgehead atoms. The summed E-state index contributed by atoms with van der Waals surface area (Å²) in [5.41, 5.74) is 4.48. The van der Waals surface area contributed by atoms with Crippen LogP contribution in [0.25, 0.3) is 0 Å². The molecule has 1 fully saturated rings. The van der Waals surface area contributed by atoms with E-state index in [0.29, 0.717) is 6.04 Å². The van der Waals surface area contributed by atoms with Crippen LogP contribution >= 0.6 is 0 Å². The zero-order chi connectivity index (χ0) is 11.4. The fraction of sp³-hybridized carbons (Fsp3) is 0.583. The van der Waals surface area contributed by atoms with Gasteiger partial charge in [-0.15, -0.1) is 0 Å². The molecular formula is C12H19N3O. The summed E-state index contributed by atoms with van der Waals surface area (Å²) < 4.78 is 5.21. The van der Waals surface area contributed by atoms with Crippen LogP contribution in [0.5, 0.6) is 5.75 Å². The van der Waals surface area contributed by atoms with E-state index in [2.05, 4.69) is 21.5 Å². The van der Waals surface area contributed by atoms with E-state index < -0.39 is 0 Å². The zero-order valence-corrected chi connectivity index (χ0v) is 9.94. The fourth-order valence-electron chi connectivity index (χ4n) is 2.28.